The van der Waals surface area contributed by atoms with Gasteiger partial charge in [0, 0.05) is 17.3 Å². The van der Waals surface area contributed by atoms with Crippen molar-refractivity contribution in [2.75, 3.05) is 32.5 Å². The fourth-order valence-corrected chi connectivity index (χ4v) is 3.13. The number of carbonyl (C=O) groups excluding carboxylic acids is 2. The fraction of sp³-hybridized carbons (Fsp3) is 0.190. The Morgan fingerprint density at radius 3 is 2.52 bits per heavy atom. The molecule has 2 heterocycles. The molecule has 8 nitrogen and oxygen atoms in total. The van der Waals surface area contributed by atoms with E-state index in [-0.39, 0.29) is 24.6 Å². The van der Waals surface area contributed by atoms with Crippen LogP contribution >= 0.6 is 0 Å². The maximum absolute atomic E-state index is 12.4. The zero-order chi connectivity index (χ0) is 20.4. The molecule has 0 amide bonds. The Morgan fingerprint density at radius 1 is 1.03 bits per heavy atom. The second-order valence-electron chi connectivity index (χ2n) is 6.25. The van der Waals surface area contributed by atoms with Gasteiger partial charge < -0.3 is 23.5 Å². The Bertz CT molecular complexity index is 1100. The maximum Gasteiger partial charge on any atom is 0.355 e. The van der Waals surface area contributed by atoms with Crippen molar-refractivity contribution in [3.8, 4) is 11.5 Å². The largest absolute Gasteiger partial charge is 0.466 e. The summed E-state index contributed by atoms with van der Waals surface area (Å²) in [6, 6.07) is 14.8. The standard InChI is InChI=1S/C21H18N2O6/c1-26-20(24)15-11-28-12-23(18(15)21(25)27-2)14-8-9-16-17(10-14)29-19(22-16)13-6-4-3-5-7-13/h3-10H,11-12H2,1-2H3. The fourth-order valence-electron chi connectivity index (χ4n) is 3.13. The van der Waals surface area contributed by atoms with Gasteiger partial charge in [-0.2, -0.15) is 0 Å². The van der Waals surface area contributed by atoms with Gasteiger partial charge in [0.15, 0.2) is 5.58 Å². The first kappa shape index (κ1) is 18.7. The number of carbonyl (C=O) groups is 2. The van der Waals surface area contributed by atoms with Gasteiger partial charge in [0.25, 0.3) is 0 Å². The molecule has 0 radical (unpaired) electrons. The SMILES string of the molecule is COC(=O)C1=C(C(=O)OC)N(c2ccc3nc(-c4ccccc4)oc3c2)COC1. The van der Waals surface area contributed by atoms with Gasteiger partial charge in [0.1, 0.15) is 17.9 Å². The molecule has 4 rings (SSSR count). The van der Waals surface area contributed by atoms with Crippen LogP contribution in [0.2, 0.25) is 0 Å². The predicted molar refractivity (Wildman–Crippen MR) is 104 cm³/mol. The number of nitrogens with zero attached hydrogens (tertiary/aromatic N) is 2. The van der Waals surface area contributed by atoms with Gasteiger partial charge >= 0.3 is 11.9 Å². The highest BCUT2D eigenvalue weighted by atomic mass is 16.5. The van der Waals surface area contributed by atoms with Gasteiger partial charge in [0.2, 0.25) is 5.89 Å². The summed E-state index contributed by atoms with van der Waals surface area (Å²) in [5, 5.41) is 0. The molecule has 0 spiro atoms. The zero-order valence-corrected chi connectivity index (χ0v) is 15.9. The van der Waals surface area contributed by atoms with E-state index in [4.69, 9.17) is 18.6 Å². The van der Waals surface area contributed by atoms with E-state index in [1.807, 2.05) is 30.3 Å². The lowest BCUT2D eigenvalue weighted by atomic mass is 10.1. The molecular weight excluding hydrogens is 376 g/mol. The number of methoxy groups -OCH3 is 2. The molecule has 8 heteroatoms. The number of hydrogen-bond donors (Lipinski definition) is 0. The summed E-state index contributed by atoms with van der Waals surface area (Å²) < 4.78 is 21.1. The van der Waals surface area contributed by atoms with E-state index in [1.54, 1.807) is 23.1 Å². The van der Waals surface area contributed by atoms with Crippen molar-refractivity contribution >= 4 is 28.7 Å². The molecule has 0 saturated carbocycles. The van der Waals surface area contributed by atoms with Crippen molar-refractivity contribution in [2.24, 2.45) is 0 Å². The minimum Gasteiger partial charge on any atom is -0.466 e. The van der Waals surface area contributed by atoms with E-state index in [1.165, 1.54) is 14.2 Å². The molecule has 0 fully saturated rings. The normalized spacial score (nSPS) is 14.2. The van der Waals surface area contributed by atoms with E-state index in [0.29, 0.717) is 22.7 Å². The molecule has 1 aliphatic heterocycles. The number of oxazole rings is 1. The van der Waals surface area contributed by atoms with Crippen LogP contribution in [-0.2, 0) is 23.8 Å². The van der Waals surface area contributed by atoms with Crippen molar-refractivity contribution in [3.63, 3.8) is 0 Å². The molecule has 1 aliphatic rings. The van der Waals surface area contributed by atoms with Gasteiger partial charge in [-0.1, -0.05) is 18.2 Å². The highest BCUT2D eigenvalue weighted by molar-refractivity contribution is 6.03. The predicted octanol–water partition coefficient (Wildman–Crippen LogP) is 2.89. The number of ether oxygens (including phenoxy) is 3. The molecule has 1 aromatic heterocycles. The summed E-state index contributed by atoms with van der Waals surface area (Å²) in [5.41, 5.74) is 2.82. The maximum atomic E-state index is 12.4. The van der Waals surface area contributed by atoms with Crippen LogP contribution in [0, 0.1) is 0 Å². The number of rotatable bonds is 4. The minimum atomic E-state index is -0.656. The van der Waals surface area contributed by atoms with Gasteiger partial charge in [-0.15, -0.1) is 0 Å². The number of hydrogen-bond acceptors (Lipinski definition) is 8. The highest BCUT2D eigenvalue weighted by Crippen LogP contribution is 2.31. The van der Waals surface area contributed by atoms with Gasteiger partial charge in [0.05, 0.1) is 26.4 Å². The molecule has 0 bridgehead atoms. The molecule has 0 aliphatic carbocycles. The number of aromatic nitrogens is 1. The van der Waals surface area contributed by atoms with Crippen molar-refractivity contribution < 1.29 is 28.2 Å². The second-order valence-corrected chi connectivity index (χ2v) is 6.25. The van der Waals surface area contributed by atoms with Gasteiger partial charge in [-0.3, -0.25) is 0 Å². The molecular formula is C21H18N2O6. The average molecular weight is 394 g/mol. The third kappa shape index (κ3) is 3.45. The highest BCUT2D eigenvalue weighted by Gasteiger charge is 2.32. The van der Waals surface area contributed by atoms with Crippen LogP contribution in [0.4, 0.5) is 5.69 Å². The molecule has 29 heavy (non-hydrogen) atoms. The molecule has 0 atom stereocenters. The molecule has 148 valence electrons. The Morgan fingerprint density at radius 2 is 1.79 bits per heavy atom. The third-order valence-corrected chi connectivity index (χ3v) is 4.54. The first-order valence-electron chi connectivity index (χ1n) is 8.83. The first-order chi connectivity index (χ1) is 14.1. The van der Waals surface area contributed by atoms with Crippen LogP contribution in [-0.4, -0.2) is 44.5 Å². The Labute approximate surface area is 166 Å². The lowest BCUT2D eigenvalue weighted by molar-refractivity contribution is -0.140. The van der Waals surface area contributed by atoms with E-state index >= 15 is 0 Å². The lowest BCUT2D eigenvalue weighted by Crippen LogP contribution is -2.38. The van der Waals surface area contributed by atoms with E-state index in [2.05, 4.69) is 4.98 Å². The molecule has 0 N–H and O–H groups in total. The Kier molecular flexibility index (Phi) is 5.01. The quantitative estimate of drug-likeness (QED) is 0.624. The monoisotopic (exact) mass is 394 g/mol. The summed E-state index contributed by atoms with van der Waals surface area (Å²) in [6.45, 7) is 0.0203. The smallest absolute Gasteiger partial charge is 0.355 e. The van der Waals surface area contributed by atoms with Crippen molar-refractivity contribution in [1.29, 1.82) is 0 Å². The van der Waals surface area contributed by atoms with Crippen LogP contribution < -0.4 is 4.90 Å². The second kappa shape index (κ2) is 7.76. The van der Waals surface area contributed by atoms with Crippen LogP contribution in [0.15, 0.2) is 64.2 Å². The first-order valence-corrected chi connectivity index (χ1v) is 8.83. The van der Waals surface area contributed by atoms with Gasteiger partial charge in [-0.25, -0.2) is 14.6 Å². The Balaban J connectivity index is 1.78. The number of fused-ring (bicyclic) bond motifs is 1. The van der Waals surface area contributed by atoms with Crippen LogP contribution in [0.1, 0.15) is 0 Å². The van der Waals surface area contributed by atoms with Crippen LogP contribution in [0.25, 0.3) is 22.6 Å². The van der Waals surface area contributed by atoms with Crippen LogP contribution in [0.3, 0.4) is 0 Å². The summed E-state index contributed by atoms with van der Waals surface area (Å²) in [4.78, 5) is 30.6. The molecule has 0 unspecified atom stereocenters. The third-order valence-electron chi connectivity index (χ3n) is 4.54. The van der Waals surface area contributed by atoms with Crippen molar-refractivity contribution in [3.05, 3.63) is 59.8 Å². The summed E-state index contributed by atoms with van der Waals surface area (Å²) in [7, 11) is 2.50. The molecule has 3 aromatic rings. The van der Waals surface area contributed by atoms with Crippen molar-refractivity contribution in [1.82, 2.24) is 4.98 Å². The minimum absolute atomic E-state index is 0.0453. The zero-order valence-electron chi connectivity index (χ0n) is 15.9. The van der Waals surface area contributed by atoms with Crippen molar-refractivity contribution in [2.45, 2.75) is 0 Å². The molecule has 0 saturated heterocycles. The molecule has 2 aromatic carbocycles. The van der Waals surface area contributed by atoms with E-state index in [0.717, 1.165) is 5.56 Å². The number of esters is 2. The Hall–Kier alpha value is -3.65. The average Bonchev–Trinajstić information content (AvgIpc) is 3.21. The topological polar surface area (TPSA) is 91.1 Å². The lowest BCUT2D eigenvalue weighted by Gasteiger charge is -2.31. The van der Waals surface area contributed by atoms with Gasteiger partial charge in [-0.05, 0) is 24.3 Å². The summed E-state index contributed by atoms with van der Waals surface area (Å²) in [6.07, 6.45) is 0. The number of anilines is 1. The van der Waals surface area contributed by atoms with E-state index < -0.39 is 11.9 Å². The van der Waals surface area contributed by atoms with Crippen LogP contribution in [0.5, 0.6) is 0 Å². The summed E-state index contributed by atoms with van der Waals surface area (Å²) in [5.74, 6) is -0.815. The number of benzene rings is 2. The van der Waals surface area contributed by atoms with E-state index in [9.17, 15) is 9.59 Å². The summed E-state index contributed by atoms with van der Waals surface area (Å²) >= 11 is 0.